The second-order valence-corrected chi connectivity index (χ2v) is 3.92. The van der Waals surface area contributed by atoms with E-state index < -0.39 is 5.91 Å². The first-order valence-electron chi connectivity index (χ1n) is 5.37. The number of hydrogen-bond acceptors (Lipinski definition) is 7. The fraction of sp³-hybridized carbons (Fsp3) is 0.200. The molecule has 2 aromatic rings. The molecule has 8 nitrogen and oxygen atoms in total. The molecule has 0 spiro atoms. The molecule has 2 aromatic heterocycles. The number of nitrogen functional groups attached to an aromatic ring is 1. The van der Waals surface area contributed by atoms with Crippen molar-refractivity contribution in [1.82, 2.24) is 20.4 Å². The van der Waals surface area contributed by atoms with Crippen LogP contribution in [0.5, 0.6) is 0 Å². The van der Waals surface area contributed by atoms with Gasteiger partial charge >= 0.3 is 0 Å². The predicted molar refractivity (Wildman–Crippen MR) is 67.4 cm³/mol. The third-order valence-corrected chi connectivity index (χ3v) is 2.55. The Morgan fingerprint density at radius 1 is 1.47 bits per heavy atom. The van der Waals surface area contributed by atoms with Crippen LogP contribution in [0, 0.1) is 0 Å². The number of carbonyl (C=O) groups excluding carboxylic acids is 1. The van der Waals surface area contributed by atoms with Gasteiger partial charge in [0.15, 0.2) is 6.33 Å². The van der Waals surface area contributed by atoms with Gasteiger partial charge in [-0.25, -0.2) is 10.8 Å². The first-order chi connectivity index (χ1) is 9.20. The van der Waals surface area contributed by atoms with E-state index in [4.69, 9.17) is 22.0 Å². The van der Waals surface area contributed by atoms with Gasteiger partial charge in [0.2, 0.25) is 5.89 Å². The molecule has 0 atom stereocenters. The van der Waals surface area contributed by atoms with E-state index in [9.17, 15) is 4.79 Å². The van der Waals surface area contributed by atoms with Gasteiger partial charge in [0, 0.05) is 13.0 Å². The largest absolute Gasteiger partial charge is 0.350 e. The molecule has 1 amide bonds. The number of halogens is 1. The molecule has 2 heterocycles. The van der Waals surface area contributed by atoms with Crippen molar-refractivity contribution < 1.29 is 9.32 Å². The summed E-state index contributed by atoms with van der Waals surface area (Å²) in [6.45, 7) is 0.333. The van der Waals surface area contributed by atoms with Crippen LogP contribution in [0.15, 0.2) is 23.0 Å². The Morgan fingerprint density at radius 3 is 3.00 bits per heavy atom. The molecule has 0 aliphatic carbocycles. The minimum Gasteiger partial charge on any atom is -0.350 e. The number of carbonyl (C=O) groups is 1. The number of hydrogen-bond donors (Lipinski definition) is 3. The first kappa shape index (κ1) is 13.2. The van der Waals surface area contributed by atoms with Crippen LogP contribution < -0.4 is 16.6 Å². The summed E-state index contributed by atoms with van der Waals surface area (Å²) in [4.78, 5) is 19.7. The highest BCUT2D eigenvalue weighted by atomic mass is 35.5. The molecule has 0 saturated heterocycles. The third-order valence-electron chi connectivity index (χ3n) is 2.24. The van der Waals surface area contributed by atoms with E-state index in [1.54, 1.807) is 6.07 Å². The SMILES string of the molecule is NNc1ccc(Cl)c(C(=O)NCCc2ncno2)n1. The van der Waals surface area contributed by atoms with Crippen LogP contribution >= 0.6 is 11.6 Å². The summed E-state index contributed by atoms with van der Waals surface area (Å²) >= 11 is 5.89. The molecular weight excluding hydrogens is 272 g/mol. The number of hydrazine groups is 1. The predicted octanol–water partition coefficient (Wildman–Crippen LogP) is 0.376. The Morgan fingerprint density at radius 2 is 2.32 bits per heavy atom. The van der Waals surface area contributed by atoms with E-state index >= 15 is 0 Å². The lowest BCUT2D eigenvalue weighted by Gasteiger charge is -2.06. The van der Waals surface area contributed by atoms with Gasteiger partial charge in [-0.1, -0.05) is 16.8 Å². The molecule has 100 valence electrons. The van der Waals surface area contributed by atoms with Crippen molar-refractivity contribution in [3.05, 3.63) is 35.1 Å². The molecule has 0 aliphatic rings. The van der Waals surface area contributed by atoms with Gasteiger partial charge in [-0.15, -0.1) is 0 Å². The smallest absolute Gasteiger partial charge is 0.271 e. The molecule has 2 rings (SSSR count). The molecule has 0 saturated carbocycles. The average molecular weight is 283 g/mol. The maximum absolute atomic E-state index is 11.9. The number of nitrogens with two attached hydrogens (primary N) is 1. The second-order valence-electron chi connectivity index (χ2n) is 3.51. The summed E-state index contributed by atoms with van der Waals surface area (Å²) in [5.74, 6) is 5.61. The highest BCUT2D eigenvalue weighted by molar-refractivity contribution is 6.33. The van der Waals surface area contributed by atoms with E-state index in [0.29, 0.717) is 24.7 Å². The number of nitrogens with zero attached hydrogens (tertiary/aromatic N) is 3. The zero-order valence-electron chi connectivity index (χ0n) is 9.76. The summed E-state index contributed by atoms with van der Waals surface area (Å²) in [6, 6.07) is 3.11. The van der Waals surface area contributed by atoms with Gasteiger partial charge in [-0.3, -0.25) is 4.79 Å². The lowest BCUT2D eigenvalue weighted by molar-refractivity contribution is 0.0948. The summed E-state index contributed by atoms with van der Waals surface area (Å²) in [5, 5.41) is 6.35. The van der Waals surface area contributed by atoms with Crippen LogP contribution in [-0.2, 0) is 6.42 Å². The molecule has 0 radical (unpaired) electrons. The van der Waals surface area contributed by atoms with Crippen molar-refractivity contribution >= 4 is 23.3 Å². The molecule has 4 N–H and O–H groups in total. The third kappa shape index (κ3) is 3.39. The van der Waals surface area contributed by atoms with Crippen LogP contribution in [0.3, 0.4) is 0 Å². The van der Waals surface area contributed by atoms with E-state index in [1.807, 2.05) is 0 Å². The van der Waals surface area contributed by atoms with Gasteiger partial charge in [0.25, 0.3) is 5.91 Å². The molecule has 0 bridgehead atoms. The number of amides is 1. The quantitative estimate of drug-likeness (QED) is 0.535. The molecule has 9 heteroatoms. The molecular formula is C10H11ClN6O2. The fourth-order valence-electron chi connectivity index (χ4n) is 1.35. The lowest BCUT2D eigenvalue weighted by Crippen LogP contribution is -2.27. The van der Waals surface area contributed by atoms with E-state index in [-0.39, 0.29) is 10.7 Å². The zero-order chi connectivity index (χ0) is 13.7. The van der Waals surface area contributed by atoms with Crippen molar-refractivity contribution in [2.45, 2.75) is 6.42 Å². The van der Waals surface area contributed by atoms with Crippen molar-refractivity contribution in [3.63, 3.8) is 0 Å². The van der Waals surface area contributed by atoms with E-state index in [2.05, 4.69) is 25.9 Å². The Kier molecular flexibility index (Phi) is 4.26. The van der Waals surface area contributed by atoms with Crippen LogP contribution in [0.1, 0.15) is 16.4 Å². The van der Waals surface area contributed by atoms with Gasteiger partial charge in [-0.05, 0) is 12.1 Å². The Hall–Kier alpha value is -2.19. The Balaban J connectivity index is 1.95. The van der Waals surface area contributed by atoms with E-state index in [0.717, 1.165) is 0 Å². The average Bonchev–Trinajstić information content (AvgIpc) is 2.92. The lowest BCUT2D eigenvalue weighted by atomic mass is 10.3. The van der Waals surface area contributed by atoms with Crippen LogP contribution in [0.4, 0.5) is 5.82 Å². The van der Waals surface area contributed by atoms with Crippen LogP contribution in [0.25, 0.3) is 0 Å². The van der Waals surface area contributed by atoms with Gasteiger partial charge in [0.1, 0.15) is 11.5 Å². The minimum atomic E-state index is -0.401. The number of anilines is 1. The number of aromatic nitrogens is 3. The topological polar surface area (TPSA) is 119 Å². The van der Waals surface area contributed by atoms with Gasteiger partial charge in [0.05, 0.1) is 5.02 Å². The summed E-state index contributed by atoms with van der Waals surface area (Å²) in [5.41, 5.74) is 2.44. The summed E-state index contributed by atoms with van der Waals surface area (Å²) in [7, 11) is 0. The summed E-state index contributed by atoms with van der Waals surface area (Å²) < 4.78 is 4.80. The maximum Gasteiger partial charge on any atom is 0.271 e. The highest BCUT2D eigenvalue weighted by Crippen LogP contribution is 2.15. The minimum absolute atomic E-state index is 0.0997. The highest BCUT2D eigenvalue weighted by Gasteiger charge is 2.13. The first-order valence-corrected chi connectivity index (χ1v) is 5.75. The molecule has 0 aliphatic heterocycles. The van der Waals surface area contributed by atoms with Crippen LogP contribution in [0.2, 0.25) is 5.02 Å². The number of pyridine rings is 1. The molecule has 19 heavy (non-hydrogen) atoms. The fourth-order valence-corrected chi connectivity index (χ4v) is 1.55. The van der Waals surface area contributed by atoms with Crippen molar-refractivity contribution in [2.75, 3.05) is 12.0 Å². The van der Waals surface area contributed by atoms with E-state index in [1.165, 1.54) is 12.4 Å². The van der Waals surface area contributed by atoms with Crippen molar-refractivity contribution in [2.24, 2.45) is 5.84 Å². The molecule has 0 aromatic carbocycles. The normalized spacial score (nSPS) is 10.2. The number of rotatable bonds is 5. The van der Waals surface area contributed by atoms with Gasteiger partial charge in [-0.2, -0.15) is 4.98 Å². The summed E-state index contributed by atoms with van der Waals surface area (Å²) in [6.07, 6.45) is 1.73. The Bertz CT molecular complexity index is 559. The van der Waals surface area contributed by atoms with Crippen molar-refractivity contribution in [1.29, 1.82) is 0 Å². The van der Waals surface area contributed by atoms with Gasteiger partial charge < -0.3 is 15.3 Å². The van der Waals surface area contributed by atoms with Crippen LogP contribution in [-0.4, -0.2) is 27.6 Å². The molecule has 0 fully saturated rings. The zero-order valence-corrected chi connectivity index (χ0v) is 10.5. The Labute approximate surface area is 113 Å². The monoisotopic (exact) mass is 282 g/mol. The van der Waals surface area contributed by atoms with Crippen molar-refractivity contribution in [3.8, 4) is 0 Å². The number of nitrogens with one attached hydrogen (secondary N) is 2. The standard InChI is InChI=1S/C10H11ClN6O2/c11-6-1-2-7(17-12)16-9(6)10(18)13-4-3-8-14-5-15-19-8/h1-2,5H,3-4,12H2,(H,13,18)(H,16,17). The second kappa shape index (κ2) is 6.12. The maximum atomic E-state index is 11.9. The molecule has 0 unspecified atom stereocenters.